The third-order valence-corrected chi connectivity index (χ3v) is 5.57. The summed E-state index contributed by atoms with van der Waals surface area (Å²) in [4.78, 5) is 0. The number of halogens is 4. The second-order valence-electron chi connectivity index (χ2n) is 8.39. The maximum absolute atomic E-state index is 14.7. The van der Waals surface area contributed by atoms with Crippen LogP contribution >= 0.6 is 0 Å². The molecule has 200 valence electrons. The van der Waals surface area contributed by atoms with Crippen molar-refractivity contribution in [2.45, 2.75) is 53.4 Å². The summed E-state index contributed by atoms with van der Waals surface area (Å²) in [6.07, 6.45) is 5.72. The third kappa shape index (κ3) is 11.6. The minimum atomic E-state index is -1.28. The van der Waals surface area contributed by atoms with Crippen LogP contribution in [0.25, 0.3) is 0 Å². The summed E-state index contributed by atoms with van der Waals surface area (Å²) >= 11 is 0. The van der Waals surface area contributed by atoms with Crippen molar-refractivity contribution in [2.75, 3.05) is 6.61 Å². The van der Waals surface area contributed by atoms with Crippen molar-refractivity contribution in [1.82, 2.24) is 0 Å². The zero-order valence-corrected chi connectivity index (χ0v) is 22.4. The van der Waals surface area contributed by atoms with Gasteiger partial charge in [0.2, 0.25) is 5.83 Å². The Morgan fingerprint density at radius 2 is 1.17 bits per heavy atom. The van der Waals surface area contributed by atoms with Gasteiger partial charge in [0.25, 0.3) is 0 Å². The van der Waals surface area contributed by atoms with Crippen LogP contribution in [0.2, 0.25) is 0 Å². The van der Waals surface area contributed by atoms with Crippen molar-refractivity contribution < 1.29 is 22.3 Å². The van der Waals surface area contributed by atoms with E-state index in [9.17, 15) is 17.6 Å². The van der Waals surface area contributed by atoms with Crippen LogP contribution in [0.3, 0.4) is 0 Å². The standard InChI is InChI=1S/C29H38F4O.C2H4/c1-11-17-34-25(10)29(33)28(32)24(9)21(6)16-15-20(5)23(8)27(31)26(30)22(7)19(4)14-13-18(3)12-2;1-2/h15-16,18-19H,5-14,17H2,1-4H3;1-2H2/b16-15-,27-26-,29-28-;. The molecule has 0 aromatic rings. The van der Waals surface area contributed by atoms with Crippen LogP contribution in [0.4, 0.5) is 17.6 Å². The minimum Gasteiger partial charge on any atom is -0.491 e. The molecule has 0 rings (SSSR count). The van der Waals surface area contributed by atoms with Crippen molar-refractivity contribution in [3.8, 4) is 0 Å². The van der Waals surface area contributed by atoms with E-state index in [2.05, 4.69) is 66.5 Å². The average molecular weight is 507 g/mol. The van der Waals surface area contributed by atoms with Gasteiger partial charge in [-0.05, 0) is 41.4 Å². The summed E-state index contributed by atoms with van der Waals surface area (Å²) < 4.78 is 62.8. The molecule has 0 aliphatic carbocycles. The van der Waals surface area contributed by atoms with Gasteiger partial charge in [0.05, 0.1) is 6.61 Å². The van der Waals surface area contributed by atoms with Gasteiger partial charge in [0.1, 0.15) is 0 Å². The van der Waals surface area contributed by atoms with Gasteiger partial charge in [-0.2, -0.15) is 4.39 Å². The monoisotopic (exact) mass is 506 g/mol. The maximum Gasteiger partial charge on any atom is 0.200 e. The van der Waals surface area contributed by atoms with E-state index in [0.29, 0.717) is 18.8 Å². The van der Waals surface area contributed by atoms with Gasteiger partial charge in [-0.15, -0.1) is 13.2 Å². The van der Waals surface area contributed by atoms with E-state index in [0.717, 1.165) is 12.8 Å². The van der Waals surface area contributed by atoms with Crippen molar-refractivity contribution in [2.24, 2.45) is 11.8 Å². The Balaban J connectivity index is 0. The second kappa shape index (κ2) is 18.2. The smallest absolute Gasteiger partial charge is 0.200 e. The molecule has 5 heteroatoms. The Kier molecular flexibility index (Phi) is 17.8. The molecule has 0 N–H and O–H groups in total. The largest absolute Gasteiger partial charge is 0.491 e. The van der Waals surface area contributed by atoms with E-state index in [1.165, 1.54) is 12.2 Å². The minimum absolute atomic E-state index is 0.00201. The normalized spacial score (nSPS) is 13.9. The molecule has 0 aliphatic heterocycles. The lowest BCUT2D eigenvalue weighted by atomic mass is 9.90. The number of allylic oxidation sites excluding steroid dienone is 11. The fourth-order valence-electron chi connectivity index (χ4n) is 2.63. The predicted octanol–water partition coefficient (Wildman–Crippen LogP) is 10.8. The maximum atomic E-state index is 14.7. The number of hydrogen-bond acceptors (Lipinski definition) is 1. The topological polar surface area (TPSA) is 9.23 Å². The van der Waals surface area contributed by atoms with Gasteiger partial charge >= 0.3 is 0 Å². The molecule has 1 nitrogen and oxygen atoms in total. The number of rotatable bonds is 16. The molecule has 0 bridgehead atoms. The Labute approximate surface area is 216 Å². The molecule has 36 heavy (non-hydrogen) atoms. The first-order valence-corrected chi connectivity index (χ1v) is 11.9. The summed E-state index contributed by atoms with van der Waals surface area (Å²) in [7, 11) is 0. The van der Waals surface area contributed by atoms with E-state index in [1.807, 2.05) is 6.92 Å². The van der Waals surface area contributed by atoms with Gasteiger partial charge in [-0.25, -0.2) is 13.2 Å². The summed E-state index contributed by atoms with van der Waals surface area (Å²) in [6, 6.07) is 0. The molecule has 0 saturated carbocycles. The van der Waals surface area contributed by atoms with E-state index in [1.54, 1.807) is 6.92 Å². The van der Waals surface area contributed by atoms with Crippen molar-refractivity contribution >= 4 is 0 Å². The first-order chi connectivity index (χ1) is 16.8. The zero-order chi connectivity index (χ0) is 28.6. The summed E-state index contributed by atoms with van der Waals surface area (Å²) in [5.41, 5.74) is -0.546. The molecule has 0 amide bonds. The van der Waals surface area contributed by atoms with E-state index in [4.69, 9.17) is 4.74 Å². The highest BCUT2D eigenvalue weighted by Crippen LogP contribution is 2.32. The van der Waals surface area contributed by atoms with Crippen LogP contribution < -0.4 is 0 Å². The van der Waals surface area contributed by atoms with Gasteiger partial charge < -0.3 is 4.74 Å². The van der Waals surface area contributed by atoms with E-state index >= 15 is 0 Å². The van der Waals surface area contributed by atoms with Crippen LogP contribution in [0, 0.1) is 11.8 Å². The van der Waals surface area contributed by atoms with Crippen LogP contribution in [0.5, 0.6) is 0 Å². The molecule has 0 aliphatic rings. The summed E-state index contributed by atoms with van der Waals surface area (Å²) in [6.45, 7) is 35.3. The molecule has 0 heterocycles. The Morgan fingerprint density at radius 3 is 1.58 bits per heavy atom. The molecule has 0 fully saturated rings. The molecule has 0 saturated heterocycles. The van der Waals surface area contributed by atoms with Gasteiger partial charge in [0.15, 0.2) is 23.2 Å². The van der Waals surface area contributed by atoms with E-state index < -0.39 is 29.1 Å². The molecule has 0 spiro atoms. The third-order valence-electron chi connectivity index (χ3n) is 5.57. The predicted molar refractivity (Wildman–Crippen MR) is 148 cm³/mol. The van der Waals surface area contributed by atoms with Crippen molar-refractivity contribution in [3.63, 3.8) is 0 Å². The van der Waals surface area contributed by atoms with Crippen molar-refractivity contribution in [1.29, 1.82) is 0 Å². The van der Waals surface area contributed by atoms with Crippen LogP contribution in [0.15, 0.2) is 122 Å². The van der Waals surface area contributed by atoms with Gasteiger partial charge in [0, 0.05) is 11.1 Å². The first kappa shape index (κ1) is 35.1. The molecular formula is C31H42F4O. The highest BCUT2D eigenvalue weighted by atomic mass is 19.2. The number of hydrogen-bond donors (Lipinski definition) is 0. The average Bonchev–Trinajstić information content (AvgIpc) is 2.90. The molecule has 0 aromatic heterocycles. The molecule has 2 atom stereocenters. The van der Waals surface area contributed by atoms with Crippen molar-refractivity contribution in [3.05, 3.63) is 122 Å². The lowest BCUT2D eigenvalue weighted by Gasteiger charge is -2.16. The quantitative estimate of drug-likeness (QED) is 0.0875. The highest BCUT2D eigenvalue weighted by molar-refractivity contribution is 5.54. The lowest BCUT2D eigenvalue weighted by Crippen LogP contribution is -2.04. The SMILES string of the molecule is C=C.C=C(/C=C\C(=C)C(=C)/C(F)=C(/F)C(=C)C(C)CCC(C)CC)C(=C)/C(F)=C(/F)C(=C)OCCC. The molecule has 2 unspecified atom stereocenters. The van der Waals surface area contributed by atoms with Crippen LogP contribution in [-0.4, -0.2) is 6.61 Å². The Bertz CT molecular complexity index is 930. The Hall–Kier alpha value is -3.08. The second-order valence-corrected chi connectivity index (χ2v) is 8.39. The summed E-state index contributed by atoms with van der Waals surface area (Å²) in [5, 5.41) is 0. The van der Waals surface area contributed by atoms with Crippen LogP contribution in [-0.2, 0) is 4.74 Å². The number of ether oxygens (including phenoxy) is 1. The van der Waals surface area contributed by atoms with E-state index in [-0.39, 0.29) is 40.4 Å². The van der Waals surface area contributed by atoms with Crippen LogP contribution in [0.1, 0.15) is 53.4 Å². The Morgan fingerprint density at radius 1 is 0.722 bits per heavy atom. The fraction of sp³-hybridized carbons (Fsp3) is 0.355. The summed E-state index contributed by atoms with van der Waals surface area (Å²) in [5.74, 6) is -4.99. The molecular weight excluding hydrogens is 464 g/mol. The first-order valence-electron chi connectivity index (χ1n) is 11.9. The highest BCUT2D eigenvalue weighted by Gasteiger charge is 2.20. The molecule has 0 radical (unpaired) electrons. The molecule has 0 aromatic carbocycles. The fourth-order valence-corrected chi connectivity index (χ4v) is 2.63. The van der Waals surface area contributed by atoms with Gasteiger partial charge in [-0.1, -0.05) is 92.2 Å². The van der Waals surface area contributed by atoms with Gasteiger partial charge in [-0.3, -0.25) is 0 Å². The lowest BCUT2D eigenvalue weighted by molar-refractivity contribution is 0.208. The zero-order valence-electron chi connectivity index (χ0n) is 22.4.